The van der Waals surface area contributed by atoms with Gasteiger partial charge in [-0.1, -0.05) is 6.92 Å². The van der Waals surface area contributed by atoms with Crippen LogP contribution in [0.15, 0.2) is 35.3 Å². The summed E-state index contributed by atoms with van der Waals surface area (Å²) in [7, 11) is 1.70. The van der Waals surface area contributed by atoms with Crippen LogP contribution in [0, 0.1) is 0 Å². The van der Waals surface area contributed by atoms with Gasteiger partial charge in [-0.05, 0) is 47.8 Å². The Labute approximate surface area is 118 Å². The van der Waals surface area contributed by atoms with Crippen LogP contribution < -0.4 is 10.1 Å². The van der Waals surface area contributed by atoms with Gasteiger partial charge in [-0.3, -0.25) is 4.98 Å². The molecule has 2 heterocycles. The van der Waals surface area contributed by atoms with E-state index in [-0.39, 0.29) is 0 Å². The summed E-state index contributed by atoms with van der Waals surface area (Å²) >= 11 is 1.75. The van der Waals surface area contributed by atoms with E-state index < -0.39 is 0 Å². The summed E-state index contributed by atoms with van der Waals surface area (Å²) in [5.41, 5.74) is 2.59. The highest BCUT2D eigenvalue weighted by Gasteiger charge is 2.15. The van der Waals surface area contributed by atoms with Crippen LogP contribution in [-0.2, 0) is 6.42 Å². The molecule has 0 aromatic carbocycles. The monoisotopic (exact) mass is 276 g/mol. The quantitative estimate of drug-likeness (QED) is 0.841. The van der Waals surface area contributed by atoms with Gasteiger partial charge in [0.25, 0.3) is 0 Å². The molecule has 0 spiro atoms. The van der Waals surface area contributed by atoms with E-state index in [0.717, 1.165) is 25.1 Å². The lowest BCUT2D eigenvalue weighted by Gasteiger charge is -2.20. The van der Waals surface area contributed by atoms with Crippen molar-refractivity contribution in [3.63, 3.8) is 0 Å². The molecule has 102 valence electrons. The second-order valence-electron chi connectivity index (χ2n) is 4.40. The van der Waals surface area contributed by atoms with Gasteiger partial charge in [-0.2, -0.15) is 11.3 Å². The molecule has 0 radical (unpaired) electrons. The molecule has 0 saturated carbocycles. The van der Waals surface area contributed by atoms with E-state index in [1.165, 1.54) is 11.1 Å². The first-order chi connectivity index (χ1) is 9.35. The molecular formula is C15H20N2OS. The van der Waals surface area contributed by atoms with Gasteiger partial charge in [0, 0.05) is 17.8 Å². The van der Waals surface area contributed by atoms with E-state index >= 15 is 0 Å². The first-order valence-electron chi connectivity index (χ1n) is 6.57. The lowest BCUT2D eigenvalue weighted by molar-refractivity contribution is 0.394. The minimum Gasteiger partial charge on any atom is -0.495 e. The Hall–Kier alpha value is -1.39. The fraction of sp³-hybridized carbons (Fsp3) is 0.400. The van der Waals surface area contributed by atoms with Gasteiger partial charge in [-0.15, -0.1) is 0 Å². The van der Waals surface area contributed by atoms with Crippen LogP contribution in [0.5, 0.6) is 5.75 Å². The van der Waals surface area contributed by atoms with Gasteiger partial charge in [0.15, 0.2) is 0 Å². The van der Waals surface area contributed by atoms with E-state index in [1.807, 2.05) is 12.3 Å². The molecule has 0 saturated heterocycles. The van der Waals surface area contributed by atoms with Crippen molar-refractivity contribution >= 4 is 11.3 Å². The van der Waals surface area contributed by atoms with Gasteiger partial charge in [0.2, 0.25) is 0 Å². The number of thiophene rings is 1. The smallest absolute Gasteiger partial charge is 0.141 e. The zero-order valence-electron chi connectivity index (χ0n) is 11.4. The van der Waals surface area contributed by atoms with Gasteiger partial charge in [0.1, 0.15) is 5.75 Å². The van der Waals surface area contributed by atoms with E-state index in [9.17, 15) is 0 Å². The fourth-order valence-corrected chi connectivity index (χ4v) is 2.91. The Kier molecular flexibility index (Phi) is 5.36. The number of pyridine rings is 1. The maximum atomic E-state index is 5.41. The topological polar surface area (TPSA) is 34.2 Å². The largest absolute Gasteiger partial charge is 0.495 e. The van der Waals surface area contributed by atoms with Gasteiger partial charge in [-0.25, -0.2) is 0 Å². The van der Waals surface area contributed by atoms with Crippen molar-refractivity contribution in [1.29, 1.82) is 0 Å². The minimum absolute atomic E-state index is 0.308. The summed E-state index contributed by atoms with van der Waals surface area (Å²) < 4.78 is 5.41. The summed E-state index contributed by atoms with van der Waals surface area (Å²) in [4.78, 5) is 4.12. The zero-order valence-corrected chi connectivity index (χ0v) is 12.2. The van der Waals surface area contributed by atoms with E-state index in [1.54, 1.807) is 24.6 Å². The molecule has 0 aliphatic heterocycles. The van der Waals surface area contributed by atoms with Crippen LogP contribution >= 0.6 is 11.3 Å². The molecule has 0 fully saturated rings. The number of hydrogen-bond donors (Lipinski definition) is 1. The van der Waals surface area contributed by atoms with Gasteiger partial charge in [0.05, 0.1) is 13.3 Å². The number of ether oxygens (including phenoxy) is 1. The number of methoxy groups -OCH3 is 1. The normalized spacial score (nSPS) is 12.3. The number of aryl methyl sites for hydroxylation is 1. The van der Waals surface area contributed by atoms with Crippen molar-refractivity contribution < 1.29 is 4.74 Å². The van der Waals surface area contributed by atoms with Crippen molar-refractivity contribution in [2.24, 2.45) is 0 Å². The molecule has 0 bridgehead atoms. The van der Waals surface area contributed by atoms with E-state index in [0.29, 0.717) is 6.04 Å². The lowest BCUT2D eigenvalue weighted by atomic mass is 10.00. The predicted octanol–water partition coefficient (Wildman–Crippen LogP) is 3.44. The van der Waals surface area contributed by atoms with E-state index in [4.69, 9.17) is 4.74 Å². The molecule has 1 unspecified atom stereocenters. The highest BCUT2D eigenvalue weighted by Crippen LogP contribution is 2.27. The average molecular weight is 276 g/mol. The number of nitrogens with one attached hydrogen (secondary N) is 1. The predicted molar refractivity (Wildman–Crippen MR) is 79.8 cm³/mol. The van der Waals surface area contributed by atoms with Gasteiger partial charge >= 0.3 is 0 Å². The maximum Gasteiger partial charge on any atom is 0.141 e. The van der Waals surface area contributed by atoms with Crippen molar-refractivity contribution in [3.05, 3.63) is 46.4 Å². The van der Waals surface area contributed by atoms with Crippen molar-refractivity contribution in [2.45, 2.75) is 25.8 Å². The SMILES string of the molecule is CCNC(CCc1ccsc1)c1ccncc1OC. The third kappa shape index (κ3) is 3.78. The number of hydrogen-bond acceptors (Lipinski definition) is 4. The Bertz CT molecular complexity index is 485. The molecule has 19 heavy (non-hydrogen) atoms. The second kappa shape index (κ2) is 7.26. The first-order valence-corrected chi connectivity index (χ1v) is 7.51. The van der Waals surface area contributed by atoms with Crippen LogP contribution in [-0.4, -0.2) is 18.6 Å². The third-order valence-electron chi connectivity index (χ3n) is 3.16. The van der Waals surface area contributed by atoms with Crippen LogP contribution in [0.1, 0.15) is 30.5 Å². The molecule has 0 amide bonds. The highest BCUT2D eigenvalue weighted by atomic mass is 32.1. The molecule has 0 aliphatic rings. The highest BCUT2D eigenvalue weighted by molar-refractivity contribution is 7.07. The molecule has 3 nitrogen and oxygen atoms in total. The second-order valence-corrected chi connectivity index (χ2v) is 5.18. The molecule has 1 N–H and O–H groups in total. The summed E-state index contributed by atoms with van der Waals surface area (Å²) in [6.45, 7) is 3.07. The molecule has 0 aliphatic carbocycles. The number of aromatic nitrogens is 1. The lowest BCUT2D eigenvalue weighted by Crippen LogP contribution is -2.22. The average Bonchev–Trinajstić information content (AvgIpc) is 2.96. The van der Waals surface area contributed by atoms with Crippen LogP contribution in [0.25, 0.3) is 0 Å². The summed E-state index contributed by atoms with van der Waals surface area (Å²) in [6, 6.07) is 4.54. The fourth-order valence-electron chi connectivity index (χ4n) is 2.21. The number of nitrogens with zero attached hydrogens (tertiary/aromatic N) is 1. The van der Waals surface area contributed by atoms with Crippen LogP contribution in [0.3, 0.4) is 0 Å². The maximum absolute atomic E-state index is 5.41. The Morgan fingerprint density at radius 2 is 2.32 bits per heavy atom. The van der Waals surface area contributed by atoms with Gasteiger partial charge < -0.3 is 10.1 Å². The molecule has 2 aromatic rings. The Morgan fingerprint density at radius 1 is 1.42 bits per heavy atom. The summed E-state index contributed by atoms with van der Waals surface area (Å²) in [6.07, 6.45) is 5.74. The van der Waals surface area contributed by atoms with Crippen LogP contribution in [0.4, 0.5) is 0 Å². The summed E-state index contributed by atoms with van der Waals surface area (Å²) in [5, 5.41) is 7.88. The molecule has 1 atom stereocenters. The van der Waals surface area contributed by atoms with Crippen molar-refractivity contribution in [3.8, 4) is 5.75 Å². The molecule has 2 aromatic heterocycles. The van der Waals surface area contributed by atoms with Crippen molar-refractivity contribution in [2.75, 3.05) is 13.7 Å². The van der Waals surface area contributed by atoms with Crippen LogP contribution in [0.2, 0.25) is 0 Å². The standard InChI is InChI=1S/C15H20N2OS/c1-3-17-14(5-4-12-7-9-19-11-12)13-6-8-16-10-15(13)18-2/h6-11,14,17H,3-5H2,1-2H3. The first kappa shape index (κ1) is 14.0. The van der Waals surface area contributed by atoms with Crippen molar-refractivity contribution in [1.82, 2.24) is 10.3 Å². The van der Waals surface area contributed by atoms with E-state index in [2.05, 4.69) is 34.1 Å². The Morgan fingerprint density at radius 3 is 3.00 bits per heavy atom. The molecular weight excluding hydrogens is 256 g/mol. The molecule has 4 heteroatoms. The molecule has 2 rings (SSSR count). The zero-order chi connectivity index (χ0) is 13.5. The minimum atomic E-state index is 0.308. The third-order valence-corrected chi connectivity index (χ3v) is 3.90. The number of rotatable bonds is 7. The Balaban J connectivity index is 2.10. The summed E-state index contributed by atoms with van der Waals surface area (Å²) in [5.74, 6) is 0.860.